The number of rotatable bonds is 2. The number of amides is 1. The van der Waals surface area contributed by atoms with Crippen LogP contribution < -0.4 is 5.32 Å². The van der Waals surface area contributed by atoms with Crippen molar-refractivity contribution in [3.63, 3.8) is 0 Å². The first-order valence-corrected chi connectivity index (χ1v) is 6.64. The van der Waals surface area contributed by atoms with Gasteiger partial charge in [0.25, 0.3) is 0 Å². The maximum absolute atomic E-state index is 12.5. The van der Waals surface area contributed by atoms with Gasteiger partial charge in [-0.05, 0) is 51.9 Å². The van der Waals surface area contributed by atoms with Gasteiger partial charge in [-0.1, -0.05) is 19.9 Å². The summed E-state index contributed by atoms with van der Waals surface area (Å²) in [5, 5.41) is 3.13. The topological polar surface area (TPSA) is 29.1 Å². The number of hydrogen-bond acceptors (Lipinski definition) is 1. The molecule has 2 nitrogen and oxygen atoms in total. The average Bonchev–Trinajstić information content (AvgIpc) is 2.19. The van der Waals surface area contributed by atoms with Crippen LogP contribution in [0.3, 0.4) is 0 Å². The summed E-state index contributed by atoms with van der Waals surface area (Å²) in [4.78, 5) is 12.5. The van der Waals surface area contributed by atoms with Gasteiger partial charge in [-0.3, -0.25) is 4.79 Å². The molecule has 3 atom stereocenters. The summed E-state index contributed by atoms with van der Waals surface area (Å²) in [7, 11) is 0. The Kier molecular flexibility index (Phi) is 4.06. The number of hydrogen-bond donors (Lipinski definition) is 1. The summed E-state index contributed by atoms with van der Waals surface area (Å²) in [6.07, 6.45) is 5.22. The molecule has 2 heteroatoms. The molecule has 0 aromatic rings. The van der Waals surface area contributed by atoms with Crippen LogP contribution in [0.25, 0.3) is 0 Å². The fraction of sp³-hybridized carbons (Fsp3) is 0.800. The average molecular weight is 237 g/mol. The molecule has 98 valence electrons. The van der Waals surface area contributed by atoms with Gasteiger partial charge in [-0.25, -0.2) is 0 Å². The molecule has 1 aliphatic carbocycles. The van der Waals surface area contributed by atoms with Gasteiger partial charge >= 0.3 is 0 Å². The Hall–Kier alpha value is -0.790. The van der Waals surface area contributed by atoms with Crippen LogP contribution in [0.2, 0.25) is 0 Å². The smallest absolute Gasteiger partial charge is 0.226 e. The quantitative estimate of drug-likeness (QED) is 0.731. The highest BCUT2D eigenvalue weighted by molar-refractivity contribution is 5.83. The molecule has 1 N–H and O–H groups in total. The Labute approximate surface area is 106 Å². The molecular formula is C15H27NO. The lowest BCUT2D eigenvalue weighted by atomic mass is 9.64. The molecule has 0 aromatic carbocycles. The minimum Gasteiger partial charge on any atom is -0.351 e. The summed E-state index contributed by atoms with van der Waals surface area (Å²) < 4.78 is 0. The molecule has 0 bridgehead atoms. The third-order valence-electron chi connectivity index (χ3n) is 4.08. The predicted molar refractivity (Wildman–Crippen MR) is 72.7 cm³/mol. The predicted octanol–water partition coefficient (Wildman–Crippen LogP) is 3.53. The number of carbonyl (C=O) groups excluding carboxylic acids is 1. The summed E-state index contributed by atoms with van der Waals surface area (Å²) in [5.41, 5.74) is -0.397. The van der Waals surface area contributed by atoms with E-state index < -0.39 is 0 Å². The minimum atomic E-state index is -0.246. The standard InChI is InChI=1S/C15H27NO/c1-7-12-9-8-11(2)15(6,10-12)13(17)16-14(3,4)5/h7,11-12H,1,8-10H2,2-6H3,(H,16,17). The fourth-order valence-corrected chi connectivity index (χ4v) is 2.63. The van der Waals surface area contributed by atoms with Gasteiger partial charge in [0.2, 0.25) is 5.91 Å². The zero-order chi connectivity index (χ0) is 13.3. The highest BCUT2D eigenvalue weighted by atomic mass is 16.2. The van der Waals surface area contributed by atoms with Crippen LogP contribution in [0.1, 0.15) is 53.9 Å². The largest absolute Gasteiger partial charge is 0.351 e. The highest BCUT2D eigenvalue weighted by Gasteiger charge is 2.43. The zero-order valence-electron chi connectivity index (χ0n) is 12.0. The van der Waals surface area contributed by atoms with Crippen molar-refractivity contribution in [2.75, 3.05) is 0 Å². The molecule has 1 saturated carbocycles. The second-order valence-corrected chi connectivity index (χ2v) is 6.80. The molecule has 0 aliphatic heterocycles. The molecule has 1 amide bonds. The third-order valence-corrected chi connectivity index (χ3v) is 4.08. The van der Waals surface area contributed by atoms with Crippen LogP contribution in [0, 0.1) is 17.3 Å². The third kappa shape index (κ3) is 3.34. The van der Waals surface area contributed by atoms with Crippen molar-refractivity contribution < 1.29 is 4.79 Å². The minimum absolute atomic E-state index is 0.152. The fourth-order valence-electron chi connectivity index (χ4n) is 2.63. The Balaban J connectivity index is 2.83. The molecule has 0 saturated heterocycles. The van der Waals surface area contributed by atoms with Crippen molar-refractivity contribution >= 4 is 5.91 Å². The highest BCUT2D eigenvalue weighted by Crippen LogP contribution is 2.44. The van der Waals surface area contributed by atoms with Crippen molar-refractivity contribution in [1.29, 1.82) is 0 Å². The summed E-state index contributed by atoms with van der Waals surface area (Å²) in [5.74, 6) is 1.13. The molecule has 0 aromatic heterocycles. The van der Waals surface area contributed by atoms with E-state index in [0.717, 1.165) is 12.8 Å². The first-order valence-electron chi connectivity index (χ1n) is 6.64. The van der Waals surface area contributed by atoms with E-state index in [1.54, 1.807) is 0 Å². The first kappa shape index (κ1) is 14.3. The number of nitrogens with one attached hydrogen (secondary N) is 1. The van der Waals surface area contributed by atoms with Crippen LogP contribution in [0.5, 0.6) is 0 Å². The molecule has 0 heterocycles. The Morgan fingerprint density at radius 2 is 2.00 bits per heavy atom. The monoisotopic (exact) mass is 237 g/mol. The van der Waals surface area contributed by atoms with Gasteiger partial charge in [0.15, 0.2) is 0 Å². The maximum Gasteiger partial charge on any atom is 0.226 e. The van der Waals surface area contributed by atoms with E-state index in [4.69, 9.17) is 0 Å². The Morgan fingerprint density at radius 3 is 2.47 bits per heavy atom. The van der Waals surface area contributed by atoms with Crippen molar-refractivity contribution in [2.24, 2.45) is 17.3 Å². The molecule has 1 rings (SSSR count). The lowest BCUT2D eigenvalue weighted by Crippen LogP contribution is -2.52. The van der Waals surface area contributed by atoms with E-state index >= 15 is 0 Å². The zero-order valence-corrected chi connectivity index (χ0v) is 12.0. The van der Waals surface area contributed by atoms with Gasteiger partial charge in [-0.2, -0.15) is 0 Å². The van der Waals surface area contributed by atoms with E-state index in [2.05, 4.69) is 25.7 Å². The van der Waals surface area contributed by atoms with Crippen LogP contribution in [0.4, 0.5) is 0 Å². The van der Waals surface area contributed by atoms with Crippen molar-refractivity contribution in [2.45, 2.75) is 59.4 Å². The molecule has 1 aliphatic rings. The summed E-state index contributed by atoms with van der Waals surface area (Å²) in [6.45, 7) is 14.3. The van der Waals surface area contributed by atoms with Gasteiger partial charge in [-0.15, -0.1) is 6.58 Å². The lowest BCUT2D eigenvalue weighted by molar-refractivity contribution is -0.137. The number of carbonyl (C=O) groups is 1. The van der Waals surface area contributed by atoms with Gasteiger partial charge in [0.05, 0.1) is 0 Å². The molecule has 0 spiro atoms. The van der Waals surface area contributed by atoms with E-state index in [1.807, 2.05) is 26.8 Å². The summed E-state index contributed by atoms with van der Waals surface area (Å²) >= 11 is 0. The van der Waals surface area contributed by atoms with E-state index in [1.165, 1.54) is 6.42 Å². The molecule has 0 radical (unpaired) electrons. The van der Waals surface area contributed by atoms with Gasteiger partial charge in [0, 0.05) is 11.0 Å². The van der Waals surface area contributed by atoms with E-state index in [-0.39, 0.29) is 16.9 Å². The molecule has 3 unspecified atom stereocenters. The van der Waals surface area contributed by atoms with Crippen LogP contribution in [0.15, 0.2) is 12.7 Å². The van der Waals surface area contributed by atoms with Gasteiger partial charge < -0.3 is 5.32 Å². The SMILES string of the molecule is C=CC1CCC(C)C(C)(C(=O)NC(C)(C)C)C1. The first-order chi connectivity index (χ1) is 7.69. The Bertz CT molecular complexity index is 303. The summed E-state index contributed by atoms with van der Waals surface area (Å²) in [6, 6.07) is 0. The second-order valence-electron chi connectivity index (χ2n) is 6.80. The maximum atomic E-state index is 12.5. The van der Waals surface area contributed by atoms with Gasteiger partial charge in [0.1, 0.15) is 0 Å². The molecule has 17 heavy (non-hydrogen) atoms. The van der Waals surface area contributed by atoms with E-state index in [0.29, 0.717) is 11.8 Å². The van der Waals surface area contributed by atoms with Crippen molar-refractivity contribution in [1.82, 2.24) is 5.32 Å². The molecule has 1 fully saturated rings. The lowest BCUT2D eigenvalue weighted by Gasteiger charge is -2.42. The van der Waals surface area contributed by atoms with Crippen LogP contribution in [-0.4, -0.2) is 11.4 Å². The van der Waals surface area contributed by atoms with Crippen molar-refractivity contribution in [3.05, 3.63) is 12.7 Å². The Morgan fingerprint density at radius 1 is 1.41 bits per heavy atom. The normalized spacial score (nSPS) is 34.2. The number of allylic oxidation sites excluding steroid dienone is 1. The second kappa shape index (κ2) is 4.83. The van der Waals surface area contributed by atoms with Crippen molar-refractivity contribution in [3.8, 4) is 0 Å². The van der Waals surface area contributed by atoms with Crippen LogP contribution in [-0.2, 0) is 4.79 Å². The van der Waals surface area contributed by atoms with Crippen LogP contribution >= 0.6 is 0 Å². The van der Waals surface area contributed by atoms with E-state index in [9.17, 15) is 4.79 Å². The molecular weight excluding hydrogens is 210 g/mol.